The molecule has 3 aromatic rings. The van der Waals surface area contributed by atoms with Crippen molar-refractivity contribution in [2.45, 2.75) is 17.3 Å². The number of methoxy groups -OCH3 is 1. The molecule has 2 heterocycles. The van der Waals surface area contributed by atoms with E-state index in [0.29, 0.717) is 34.8 Å². The monoisotopic (exact) mass is 473 g/mol. The van der Waals surface area contributed by atoms with E-state index in [9.17, 15) is 4.79 Å². The van der Waals surface area contributed by atoms with Crippen molar-refractivity contribution in [1.29, 1.82) is 0 Å². The van der Waals surface area contributed by atoms with Gasteiger partial charge >= 0.3 is 0 Å². The second kappa shape index (κ2) is 10.2. The minimum absolute atomic E-state index is 0.160. The summed E-state index contributed by atoms with van der Waals surface area (Å²) >= 11 is 7.52. The van der Waals surface area contributed by atoms with Gasteiger partial charge in [0.2, 0.25) is 11.9 Å². The van der Waals surface area contributed by atoms with Gasteiger partial charge in [-0.2, -0.15) is 0 Å². The Balaban J connectivity index is 1.54. The number of thioether (sulfide) groups is 1. The molecule has 0 radical (unpaired) electrons. The Hall–Kier alpha value is -2.75. The summed E-state index contributed by atoms with van der Waals surface area (Å²) in [4.78, 5) is 15.0. The standard InChI is InChI=1S/C22H24ClN5O3S/c1-15(20(29)24-16-8-9-19(30-2)18(23)14-16)32-22-26-25-21(27-10-12-31-13-11-27)28(22)17-6-4-3-5-7-17/h3-9,14-15H,10-13H2,1-2H3,(H,24,29). The van der Waals surface area contributed by atoms with Gasteiger partial charge in [-0.25, -0.2) is 0 Å². The second-order valence-corrected chi connectivity index (χ2v) is 8.87. The topological polar surface area (TPSA) is 81.5 Å². The largest absolute Gasteiger partial charge is 0.495 e. The van der Waals surface area contributed by atoms with E-state index < -0.39 is 5.25 Å². The van der Waals surface area contributed by atoms with Crippen molar-refractivity contribution in [3.05, 3.63) is 53.6 Å². The van der Waals surface area contributed by atoms with Gasteiger partial charge < -0.3 is 19.7 Å². The molecule has 1 aliphatic heterocycles. The quantitative estimate of drug-likeness (QED) is 0.521. The summed E-state index contributed by atoms with van der Waals surface area (Å²) in [7, 11) is 1.55. The highest BCUT2D eigenvalue weighted by Gasteiger charge is 2.25. The lowest BCUT2D eigenvalue weighted by atomic mass is 10.3. The highest BCUT2D eigenvalue weighted by atomic mass is 35.5. The Bertz CT molecular complexity index is 1070. The first-order chi connectivity index (χ1) is 15.6. The van der Waals surface area contributed by atoms with Crippen LogP contribution >= 0.6 is 23.4 Å². The Labute approximate surface area is 195 Å². The molecule has 10 heteroatoms. The lowest BCUT2D eigenvalue weighted by Crippen LogP contribution is -2.37. The molecule has 0 aliphatic carbocycles. The van der Waals surface area contributed by atoms with Crippen LogP contribution in [-0.4, -0.2) is 59.3 Å². The lowest BCUT2D eigenvalue weighted by molar-refractivity contribution is -0.115. The fourth-order valence-electron chi connectivity index (χ4n) is 3.31. The lowest BCUT2D eigenvalue weighted by Gasteiger charge is -2.28. The fraction of sp³-hybridized carbons (Fsp3) is 0.318. The number of nitrogens with zero attached hydrogens (tertiary/aromatic N) is 4. The molecular formula is C22H24ClN5O3S. The third-order valence-corrected chi connectivity index (χ3v) is 6.33. The van der Waals surface area contributed by atoms with E-state index in [4.69, 9.17) is 21.1 Å². The number of para-hydroxylation sites is 1. The first kappa shape index (κ1) is 22.4. The van der Waals surface area contributed by atoms with E-state index >= 15 is 0 Å². The first-order valence-electron chi connectivity index (χ1n) is 10.2. The third-order valence-electron chi connectivity index (χ3n) is 5.00. The number of ether oxygens (including phenoxy) is 2. The maximum Gasteiger partial charge on any atom is 0.237 e. The van der Waals surface area contributed by atoms with Gasteiger partial charge in [-0.3, -0.25) is 9.36 Å². The molecule has 4 rings (SSSR count). The molecule has 1 saturated heterocycles. The van der Waals surface area contributed by atoms with E-state index in [2.05, 4.69) is 20.4 Å². The predicted octanol–water partition coefficient (Wildman–Crippen LogP) is 3.89. The van der Waals surface area contributed by atoms with Gasteiger partial charge in [0.05, 0.1) is 36.3 Å². The van der Waals surface area contributed by atoms with Gasteiger partial charge in [0, 0.05) is 18.8 Å². The number of anilines is 2. The molecule has 168 valence electrons. The van der Waals surface area contributed by atoms with Crippen LogP contribution in [0.15, 0.2) is 53.7 Å². The van der Waals surface area contributed by atoms with Crippen LogP contribution < -0.4 is 15.0 Å². The van der Waals surface area contributed by atoms with Crippen LogP contribution in [0.25, 0.3) is 5.69 Å². The molecule has 1 atom stereocenters. The molecular weight excluding hydrogens is 450 g/mol. The highest BCUT2D eigenvalue weighted by molar-refractivity contribution is 8.00. The minimum Gasteiger partial charge on any atom is -0.495 e. The van der Waals surface area contributed by atoms with Crippen molar-refractivity contribution < 1.29 is 14.3 Å². The summed E-state index contributed by atoms with van der Waals surface area (Å²) in [5, 5.41) is 12.4. The molecule has 32 heavy (non-hydrogen) atoms. The number of carbonyl (C=O) groups excluding carboxylic acids is 1. The van der Waals surface area contributed by atoms with Gasteiger partial charge in [-0.05, 0) is 37.3 Å². The Kier molecular flexibility index (Phi) is 7.19. The van der Waals surface area contributed by atoms with Gasteiger partial charge in [-0.15, -0.1) is 10.2 Å². The van der Waals surface area contributed by atoms with Crippen molar-refractivity contribution in [2.24, 2.45) is 0 Å². The SMILES string of the molecule is COc1ccc(NC(=O)C(C)Sc2nnc(N3CCOCC3)n2-c2ccccc2)cc1Cl. The molecule has 1 N–H and O–H groups in total. The predicted molar refractivity (Wildman–Crippen MR) is 126 cm³/mol. The van der Waals surface area contributed by atoms with Gasteiger partial charge in [0.25, 0.3) is 0 Å². The van der Waals surface area contributed by atoms with Crippen molar-refractivity contribution >= 4 is 40.9 Å². The van der Waals surface area contributed by atoms with Gasteiger partial charge in [0.15, 0.2) is 5.16 Å². The molecule has 1 unspecified atom stereocenters. The van der Waals surface area contributed by atoms with Gasteiger partial charge in [0.1, 0.15) is 5.75 Å². The number of carbonyl (C=O) groups is 1. The summed E-state index contributed by atoms with van der Waals surface area (Å²) in [6.07, 6.45) is 0. The van der Waals surface area contributed by atoms with E-state index in [1.165, 1.54) is 11.8 Å². The van der Waals surface area contributed by atoms with Crippen molar-refractivity contribution in [2.75, 3.05) is 43.6 Å². The number of benzene rings is 2. The molecule has 1 fully saturated rings. The molecule has 0 saturated carbocycles. The fourth-order valence-corrected chi connectivity index (χ4v) is 4.43. The van der Waals surface area contributed by atoms with E-state index in [1.807, 2.05) is 41.8 Å². The number of halogens is 1. The summed E-state index contributed by atoms with van der Waals surface area (Å²) in [6.45, 7) is 4.61. The van der Waals surface area contributed by atoms with Crippen LogP contribution in [0.3, 0.4) is 0 Å². The van der Waals surface area contributed by atoms with Crippen LogP contribution in [0.2, 0.25) is 5.02 Å². The maximum atomic E-state index is 12.8. The highest BCUT2D eigenvalue weighted by Crippen LogP contribution is 2.31. The molecule has 8 nitrogen and oxygen atoms in total. The van der Waals surface area contributed by atoms with Crippen LogP contribution in [0.1, 0.15) is 6.92 Å². The maximum absolute atomic E-state index is 12.8. The van der Waals surface area contributed by atoms with Crippen LogP contribution in [0.5, 0.6) is 5.75 Å². The summed E-state index contributed by atoms with van der Waals surface area (Å²) < 4.78 is 12.6. The number of morpholine rings is 1. The normalized spacial score (nSPS) is 14.8. The molecule has 1 aromatic heterocycles. The van der Waals surface area contributed by atoms with Crippen molar-refractivity contribution in [1.82, 2.24) is 14.8 Å². The number of hydrogen-bond acceptors (Lipinski definition) is 7. The average Bonchev–Trinajstić information content (AvgIpc) is 3.23. The number of amides is 1. The van der Waals surface area contributed by atoms with Crippen LogP contribution in [0.4, 0.5) is 11.6 Å². The average molecular weight is 474 g/mol. The number of hydrogen-bond donors (Lipinski definition) is 1. The van der Waals surface area contributed by atoms with Crippen molar-refractivity contribution in [3.63, 3.8) is 0 Å². The molecule has 2 aromatic carbocycles. The number of rotatable bonds is 7. The smallest absolute Gasteiger partial charge is 0.237 e. The van der Waals surface area contributed by atoms with E-state index in [-0.39, 0.29) is 5.91 Å². The van der Waals surface area contributed by atoms with Crippen LogP contribution in [0, 0.1) is 0 Å². The van der Waals surface area contributed by atoms with E-state index in [0.717, 1.165) is 24.7 Å². The first-order valence-corrected chi connectivity index (χ1v) is 11.5. The Morgan fingerprint density at radius 3 is 2.62 bits per heavy atom. The third kappa shape index (κ3) is 5.01. The number of aromatic nitrogens is 3. The molecule has 1 amide bonds. The minimum atomic E-state index is -0.417. The zero-order chi connectivity index (χ0) is 22.5. The Morgan fingerprint density at radius 1 is 1.19 bits per heavy atom. The molecule has 0 bridgehead atoms. The second-order valence-electron chi connectivity index (χ2n) is 7.15. The van der Waals surface area contributed by atoms with Crippen molar-refractivity contribution in [3.8, 4) is 11.4 Å². The van der Waals surface area contributed by atoms with E-state index in [1.54, 1.807) is 25.3 Å². The molecule has 1 aliphatic rings. The Morgan fingerprint density at radius 2 is 1.94 bits per heavy atom. The summed E-state index contributed by atoms with van der Waals surface area (Å²) in [6, 6.07) is 15.0. The zero-order valence-corrected chi connectivity index (χ0v) is 19.4. The summed E-state index contributed by atoms with van der Waals surface area (Å²) in [5.41, 5.74) is 1.54. The van der Waals surface area contributed by atoms with Crippen LogP contribution in [-0.2, 0) is 9.53 Å². The molecule has 0 spiro atoms. The number of nitrogens with one attached hydrogen (secondary N) is 1. The summed E-state index contributed by atoms with van der Waals surface area (Å²) in [5.74, 6) is 1.14. The zero-order valence-electron chi connectivity index (χ0n) is 17.8. The van der Waals surface area contributed by atoms with Gasteiger partial charge in [-0.1, -0.05) is 41.6 Å².